The second-order valence-corrected chi connectivity index (χ2v) is 34.7. The van der Waals surface area contributed by atoms with E-state index in [2.05, 4.69) is 9.47 Å². The Labute approximate surface area is 653 Å². The fourth-order valence-electron chi connectivity index (χ4n) is 16.9. The first-order valence-electron chi connectivity index (χ1n) is 39.4. The maximum Gasteiger partial charge on any atom is 0.347 e. The van der Waals surface area contributed by atoms with E-state index in [-0.39, 0.29) is 122 Å². The number of ether oxygens (including phenoxy) is 16. The molecule has 21 atom stereocenters. The molecule has 628 valence electrons. The number of cyclic esters (lactones) is 3. The summed E-state index contributed by atoms with van der Waals surface area (Å²) in [5.74, 6) is -4.16. The fraction of sp³-hybridized carbons (Fsp3) is 0.812. The van der Waals surface area contributed by atoms with Gasteiger partial charge in [0.2, 0.25) is 6.10 Å². The topological polar surface area (TPSA) is 424 Å². The molecule has 5 saturated heterocycles. The molecule has 0 aromatic carbocycles. The highest BCUT2D eigenvalue weighted by Crippen LogP contribution is 2.60. The third-order valence-corrected chi connectivity index (χ3v) is 25.8. The Balaban J connectivity index is 0.000000172. The first kappa shape index (κ1) is 89.5. The van der Waals surface area contributed by atoms with Crippen molar-refractivity contribution in [3.8, 4) is 0 Å². The molecule has 1 N–H and O–H groups in total. The number of rotatable bonds is 25. The zero-order valence-corrected chi connectivity index (χ0v) is 67.7. The van der Waals surface area contributed by atoms with Gasteiger partial charge in [-0.05, 0) is 165 Å². The zero-order valence-electron chi connectivity index (χ0n) is 67.7. The van der Waals surface area contributed by atoms with Gasteiger partial charge < -0.3 is 80.9 Å². The highest BCUT2D eigenvalue weighted by atomic mass is 16.7. The molecule has 21 unspecified atom stereocenters. The summed E-state index contributed by atoms with van der Waals surface area (Å²) >= 11 is 0. The number of carbonyl (C=O) groups excluding carboxylic acids is 15. The number of hydrogen-bond acceptors (Lipinski definition) is 32. The summed E-state index contributed by atoms with van der Waals surface area (Å²) in [7, 11) is 2.81. The van der Waals surface area contributed by atoms with Gasteiger partial charge in [0.1, 0.15) is 30.5 Å². The minimum absolute atomic E-state index is 0.00636. The summed E-state index contributed by atoms with van der Waals surface area (Å²) in [6.45, 7) is 26.3. The van der Waals surface area contributed by atoms with Crippen LogP contribution in [-0.4, -0.2) is 210 Å². The van der Waals surface area contributed by atoms with E-state index in [1.807, 2.05) is 34.6 Å². The average molecular weight is 1590 g/mol. The van der Waals surface area contributed by atoms with Crippen molar-refractivity contribution in [3.05, 3.63) is 0 Å². The van der Waals surface area contributed by atoms with Crippen LogP contribution in [-0.2, 0) is 148 Å². The lowest BCUT2D eigenvalue weighted by Gasteiger charge is -2.34. The second kappa shape index (κ2) is 36.6. The summed E-state index contributed by atoms with van der Waals surface area (Å²) in [6, 6.07) is 0. The van der Waals surface area contributed by atoms with Gasteiger partial charge in [0, 0.05) is 60.9 Å². The molecule has 32 heteroatoms. The number of methoxy groups -OCH3 is 2. The maximum absolute atomic E-state index is 12.2. The molecule has 0 spiro atoms. The predicted octanol–water partition coefficient (Wildman–Crippen LogP) is 6.53. The van der Waals surface area contributed by atoms with Gasteiger partial charge >= 0.3 is 89.5 Å². The van der Waals surface area contributed by atoms with Crippen molar-refractivity contribution in [2.45, 2.75) is 242 Å². The van der Waals surface area contributed by atoms with Crippen molar-refractivity contribution in [3.63, 3.8) is 0 Å². The fourth-order valence-corrected chi connectivity index (χ4v) is 16.9. The van der Waals surface area contributed by atoms with E-state index >= 15 is 0 Å². The van der Waals surface area contributed by atoms with Crippen LogP contribution in [0.3, 0.4) is 0 Å². The van der Waals surface area contributed by atoms with Gasteiger partial charge in [-0.15, -0.1) is 0 Å². The summed E-state index contributed by atoms with van der Waals surface area (Å²) in [6.07, 6.45) is 7.27. The summed E-state index contributed by atoms with van der Waals surface area (Å²) in [5, 5.41) is 10.3. The molecule has 13 aliphatic rings. The van der Waals surface area contributed by atoms with E-state index in [0.717, 1.165) is 31.8 Å². The van der Waals surface area contributed by atoms with Crippen LogP contribution in [0, 0.1) is 104 Å². The quantitative estimate of drug-likeness (QED) is 0.0749. The van der Waals surface area contributed by atoms with E-state index in [0.29, 0.717) is 69.3 Å². The Bertz CT molecular complexity index is 3510. The minimum atomic E-state index is -1.41. The Hall–Kier alpha value is -8.03. The molecule has 13 rings (SSSR count). The van der Waals surface area contributed by atoms with Gasteiger partial charge in [-0.3, -0.25) is 38.4 Å². The number of aliphatic hydroxyl groups is 1. The van der Waals surface area contributed by atoms with Crippen molar-refractivity contribution in [1.82, 2.24) is 0 Å². The first-order valence-corrected chi connectivity index (χ1v) is 39.4. The third kappa shape index (κ3) is 20.0. The molecule has 0 amide bonds. The van der Waals surface area contributed by atoms with Crippen molar-refractivity contribution >= 4 is 89.5 Å². The molecular weight excluding hydrogens is 1470 g/mol. The molecule has 8 aliphatic carbocycles. The SMILES string of the molecule is CCC(C)(C)C(=O)OCC(=O)OC.CCC(C)(C)C(=O)OCC(=O)OC1C2CC(C1OC)C1C(=O)OCC21.CCC(C)(C)C(=O)OCC(=O)OC1C2CC3C(=O)OC1C3C2.CCC(C)(C)C(=O)OCC(=O)OC1C2CC3C1OC(=O)C3(O)C2.CCC(C)(C)C(=O)OCC(=O)OC1CCOC1=O.O=C1OCC2C3CCC(C3)C12. The Kier molecular flexibility index (Phi) is 29.3. The minimum Gasteiger partial charge on any atom is -0.466 e. The van der Waals surface area contributed by atoms with Gasteiger partial charge in [0.05, 0.1) is 77.9 Å². The van der Waals surface area contributed by atoms with Gasteiger partial charge in [0.15, 0.2) is 38.6 Å². The van der Waals surface area contributed by atoms with Gasteiger partial charge in [0.25, 0.3) is 0 Å². The molecular formula is C80H116O32. The van der Waals surface area contributed by atoms with E-state index in [9.17, 15) is 77.0 Å². The average Bonchev–Trinajstić information content (AvgIpc) is 1.54. The van der Waals surface area contributed by atoms with Crippen molar-refractivity contribution in [2.24, 2.45) is 104 Å². The van der Waals surface area contributed by atoms with Crippen LogP contribution in [0.25, 0.3) is 0 Å². The third-order valence-electron chi connectivity index (χ3n) is 25.8. The van der Waals surface area contributed by atoms with E-state index in [1.54, 1.807) is 76.3 Å². The number of hydrogen-bond donors (Lipinski definition) is 1. The van der Waals surface area contributed by atoms with Crippen molar-refractivity contribution in [2.75, 3.05) is 67.1 Å². The maximum atomic E-state index is 12.2. The van der Waals surface area contributed by atoms with Crippen molar-refractivity contribution in [1.29, 1.82) is 0 Å². The highest BCUT2D eigenvalue weighted by Gasteiger charge is 2.72. The van der Waals surface area contributed by atoms with Crippen molar-refractivity contribution < 1.29 is 153 Å². The van der Waals surface area contributed by atoms with Gasteiger partial charge in [-0.2, -0.15) is 0 Å². The lowest BCUT2D eigenvalue weighted by molar-refractivity contribution is -0.176. The van der Waals surface area contributed by atoms with E-state index in [4.69, 9.17) is 66.3 Å². The summed E-state index contributed by atoms with van der Waals surface area (Å²) in [5.41, 5.74) is -4.46. The van der Waals surface area contributed by atoms with E-state index < -0.39 is 143 Å². The largest absolute Gasteiger partial charge is 0.466 e. The normalized spacial score (nSPS) is 32.3. The van der Waals surface area contributed by atoms with Crippen LogP contribution in [0.1, 0.15) is 194 Å². The number of fused-ring (bicyclic) bond motifs is 12. The Morgan fingerprint density at radius 3 is 1.29 bits per heavy atom. The molecule has 5 heterocycles. The molecule has 8 saturated carbocycles. The van der Waals surface area contributed by atoms with E-state index in [1.165, 1.54) is 26.4 Å². The predicted molar refractivity (Wildman–Crippen MR) is 382 cm³/mol. The zero-order chi connectivity index (χ0) is 83.1. The van der Waals surface area contributed by atoms with Crippen LogP contribution in [0.2, 0.25) is 0 Å². The van der Waals surface area contributed by atoms with Crippen LogP contribution in [0.4, 0.5) is 0 Å². The standard InChI is InChI=1S/C18H26O7.C16H22O7.C16H22O6.C12H18O6.C9H16O4.C9H12O2/c1-5-18(2,3)17(21)24-8-12(19)25-15-9-6-10(14(15)22-4)13-11(9)7-23-16(13)20;1-4-15(2,3)13(18)21-7-10(17)22-11-8-5-9-12(11)23-14(19)16(9,20)6-8;1-4-16(2,3)15(19)20-7-11(17)21-12-8-5-9-10(6-8)14(18)22-13(9)12;1-4-12(2,3)11(15)17-7-9(13)18-8-5-6-16-10(8)14;1-5-9(2,3)8(11)13-6-7(10)12-4;10-9-8-6-2-1-5(3-6)7(8)4-11-9/h9-11,13-15H,5-8H2,1-4H3;8-9,11-12,20H,4-7H2,1-3H3;8-10,12-13H,4-7H2,1-3H3;8H,4-7H2,1-3H3;5-6H2,1-4H3;5-8H,1-4H2. The first-order chi connectivity index (χ1) is 52.5. The lowest BCUT2D eigenvalue weighted by Crippen LogP contribution is -2.46. The summed E-state index contributed by atoms with van der Waals surface area (Å²) < 4.78 is 81.1. The lowest BCUT2D eigenvalue weighted by atomic mass is 9.78. The summed E-state index contributed by atoms with van der Waals surface area (Å²) in [4.78, 5) is 174. The Morgan fingerprint density at radius 2 is 0.839 bits per heavy atom. The molecule has 0 aromatic heterocycles. The molecule has 8 bridgehead atoms. The van der Waals surface area contributed by atoms with Crippen LogP contribution < -0.4 is 0 Å². The highest BCUT2D eigenvalue weighted by molar-refractivity contribution is 5.86. The van der Waals surface area contributed by atoms with Crippen LogP contribution in [0.5, 0.6) is 0 Å². The molecule has 112 heavy (non-hydrogen) atoms. The molecule has 5 aliphatic heterocycles. The van der Waals surface area contributed by atoms with Crippen LogP contribution >= 0.6 is 0 Å². The number of carbonyl (C=O) groups is 15. The van der Waals surface area contributed by atoms with Gasteiger partial charge in [-0.1, -0.05) is 34.6 Å². The van der Waals surface area contributed by atoms with Gasteiger partial charge in [-0.25, -0.2) is 33.6 Å². The van der Waals surface area contributed by atoms with Crippen LogP contribution in [0.15, 0.2) is 0 Å². The smallest absolute Gasteiger partial charge is 0.347 e. The number of esters is 15. The monoisotopic (exact) mass is 1590 g/mol. The Morgan fingerprint density at radius 1 is 0.402 bits per heavy atom. The molecule has 0 aromatic rings. The molecule has 13 fully saturated rings. The molecule has 0 radical (unpaired) electrons. The molecule has 32 nitrogen and oxygen atoms in total. The second-order valence-electron chi connectivity index (χ2n) is 34.7.